The van der Waals surface area contributed by atoms with E-state index in [1.165, 1.54) is 39.8 Å². The van der Waals surface area contributed by atoms with Crippen LogP contribution in [0.4, 0.5) is 0 Å². The number of nitrogens with zero attached hydrogens (tertiary/aromatic N) is 2. The molecule has 158 valence electrons. The van der Waals surface area contributed by atoms with Crippen LogP contribution in [0.25, 0.3) is 16.7 Å². The van der Waals surface area contributed by atoms with Crippen molar-refractivity contribution in [3.8, 4) is 11.1 Å². The topological polar surface area (TPSA) is 25.8 Å². The first-order valence-electron chi connectivity index (χ1n) is 11.3. The van der Waals surface area contributed by atoms with Gasteiger partial charge in [-0.25, -0.2) is 0 Å². The highest BCUT2D eigenvalue weighted by molar-refractivity contribution is 5.76. The molecule has 4 rings (SSSR count). The van der Waals surface area contributed by atoms with E-state index in [0.717, 1.165) is 35.6 Å². The van der Waals surface area contributed by atoms with Gasteiger partial charge in [-0.05, 0) is 105 Å². The summed E-state index contributed by atoms with van der Waals surface area (Å²) < 4.78 is 0. The van der Waals surface area contributed by atoms with Crippen molar-refractivity contribution >= 4 is 5.57 Å². The Bertz CT molecular complexity index is 1130. The fraction of sp³-hybridized carbons (Fsp3) is 0.310. The molecule has 0 N–H and O–H groups in total. The van der Waals surface area contributed by atoms with Crippen molar-refractivity contribution in [3.05, 3.63) is 100 Å². The van der Waals surface area contributed by atoms with Gasteiger partial charge >= 0.3 is 0 Å². The summed E-state index contributed by atoms with van der Waals surface area (Å²) in [6.07, 6.45) is 7.83. The second kappa shape index (κ2) is 9.01. The van der Waals surface area contributed by atoms with Gasteiger partial charge in [0, 0.05) is 22.8 Å². The van der Waals surface area contributed by atoms with E-state index in [1.807, 2.05) is 0 Å². The van der Waals surface area contributed by atoms with Crippen molar-refractivity contribution in [2.45, 2.75) is 53.9 Å². The lowest BCUT2D eigenvalue weighted by molar-refractivity contribution is 0.710. The third kappa shape index (κ3) is 5.38. The average molecular weight is 409 g/mol. The van der Waals surface area contributed by atoms with Gasteiger partial charge in [0.25, 0.3) is 0 Å². The Morgan fingerprint density at radius 1 is 0.742 bits per heavy atom. The Balaban J connectivity index is 1.49. The molecule has 1 atom stereocenters. The first-order valence-corrected chi connectivity index (χ1v) is 11.3. The summed E-state index contributed by atoms with van der Waals surface area (Å²) in [4.78, 5) is 9.30. The zero-order valence-corrected chi connectivity index (χ0v) is 19.4. The third-order valence-corrected chi connectivity index (χ3v) is 5.89. The van der Waals surface area contributed by atoms with E-state index in [-0.39, 0.29) is 0 Å². The van der Waals surface area contributed by atoms with E-state index in [4.69, 9.17) is 4.98 Å². The number of allylic oxidation sites excluding steroid dienone is 4. The second-order valence-electron chi connectivity index (χ2n) is 9.12. The molecule has 0 spiro atoms. The van der Waals surface area contributed by atoms with Crippen LogP contribution in [0.1, 0.15) is 54.2 Å². The summed E-state index contributed by atoms with van der Waals surface area (Å²) in [5.74, 6) is 0.620. The highest BCUT2D eigenvalue weighted by atomic mass is 14.7. The minimum absolute atomic E-state index is 0.620. The first kappa shape index (κ1) is 21.2. The average Bonchev–Trinajstić information content (AvgIpc) is 2.71. The van der Waals surface area contributed by atoms with Gasteiger partial charge in [0.1, 0.15) is 0 Å². The molecule has 0 amide bonds. The summed E-state index contributed by atoms with van der Waals surface area (Å²) in [5.41, 5.74) is 12.3. The van der Waals surface area contributed by atoms with Crippen molar-refractivity contribution in [3.63, 3.8) is 0 Å². The Morgan fingerprint density at radius 2 is 1.35 bits per heavy atom. The molecule has 2 heteroatoms. The maximum Gasteiger partial charge on any atom is 0.0416 e. The second-order valence-corrected chi connectivity index (χ2v) is 9.12. The van der Waals surface area contributed by atoms with Crippen LogP contribution in [0.2, 0.25) is 0 Å². The van der Waals surface area contributed by atoms with E-state index in [1.54, 1.807) is 0 Å². The lowest BCUT2D eigenvalue weighted by Crippen LogP contribution is -2.00. The maximum atomic E-state index is 4.79. The van der Waals surface area contributed by atoms with Crippen LogP contribution in [0.15, 0.2) is 66.3 Å². The molecule has 1 aliphatic carbocycles. The molecule has 3 aromatic rings. The molecular weight excluding hydrogens is 376 g/mol. The molecule has 1 aliphatic rings. The standard InChI is InChI=1S/C29H32N2/c1-19-12-20(2)14-26(13-19)25-9-6-24(7-10-25)8-11-29-18-28(17-23(5)31-29)27-15-21(3)30-22(4)16-27/h6-7,9-10,13-19H,8,11-12H2,1-5H3. The largest absolute Gasteiger partial charge is 0.258 e. The van der Waals surface area contributed by atoms with Gasteiger partial charge in [0.05, 0.1) is 0 Å². The van der Waals surface area contributed by atoms with E-state index >= 15 is 0 Å². The maximum absolute atomic E-state index is 4.79. The molecule has 2 aromatic heterocycles. The number of benzene rings is 1. The molecule has 2 heterocycles. The van der Waals surface area contributed by atoms with Crippen LogP contribution in [0.3, 0.4) is 0 Å². The predicted molar refractivity (Wildman–Crippen MR) is 131 cm³/mol. The van der Waals surface area contributed by atoms with Gasteiger partial charge in [-0.3, -0.25) is 9.97 Å². The SMILES string of the molecule is CC1=CC(c2ccc(CCc3cc(-c4cc(C)nc(C)c4)cc(C)n3)cc2)=CC(C)C1. The minimum atomic E-state index is 0.620. The molecule has 0 aliphatic heterocycles. The Kier molecular flexibility index (Phi) is 6.18. The summed E-state index contributed by atoms with van der Waals surface area (Å²) >= 11 is 0. The molecular formula is C29H32N2. The van der Waals surface area contributed by atoms with Gasteiger partial charge in [0.2, 0.25) is 0 Å². The fourth-order valence-electron chi connectivity index (χ4n) is 4.59. The van der Waals surface area contributed by atoms with Crippen molar-refractivity contribution in [1.29, 1.82) is 0 Å². The van der Waals surface area contributed by atoms with E-state index in [9.17, 15) is 0 Å². The van der Waals surface area contributed by atoms with Crippen LogP contribution in [-0.2, 0) is 12.8 Å². The molecule has 0 radical (unpaired) electrons. The van der Waals surface area contributed by atoms with Gasteiger partial charge < -0.3 is 0 Å². The summed E-state index contributed by atoms with van der Waals surface area (Å²) in [5, 5.41) is 0. The Labute approximate surface area is 186 Å². The van der Waals surface area contributed by atoms with Gasteiger partial charge in [0.15, 0.2) is 0 Å². The van der Waals surface area contributed by atoms with Crippen molar-refractivity contribution < 1.29 is 0 Å². The first-order chi connectivity index (χ1) is 14.9. The molecule has 0 saturated carbocycles. The number of rotatable bonds is 5. The zero-order valence-electron chi connectivity index (χ0n) is 19.4. The van der Waals surface area contributed by atoms with Crippen molar-refractivity contribution in [2.75, 3.05) is 0 Å². The van der Waals surface area contributed by atoms with Gasteiger partial charge in [-0.2, -0.15) is 0 Å². The summed E-state index contributed by atoms with van der Waals surface area (Å²) in [6.45, 7) is 10.7. The zero-order chi connectivity index (χ0) is 22.0. The molecule has 2 nitrogen and oxygen atoms in total. The third-order valence-electron chi connectivity index (χ3n) is 5.89. The molecule has 0 bridgehead atoms. The van der Waals surface area contributed by atoms with Crippen molar-refractivity contribution in [2.24, 2.45) is 5.92 Å². The molecule has 1 unspecified atom stereocenters. The normalized spacial score (nSPS) is 16.1. The highest BCUT2D eigenvalue weighted by Crippen LogP contribution is 2.29. The van der Waals surface area contributed by atoms with Crippen LogP contribution in [-0.4, -0.2) is 9.97 Å². The van der Waals surface area contributed by atoms with Gasteiger partial charge in [-0.15, -0.1) is 0 Å². The van der Waals surface area contributed by atoms with E-state index < -0.39 is 0 Å². The number of aromatic nitrogens is 2. The predicted octanol–water partition coefficient (Wildman–Crippen LogP) is 7.22. The van der Waals surface area contributed by atoms with Crippen LogP contribution >= 0.6 is 0 Å². The quantitative estimate of drug-likeness (QED) is 0.445. The molecule has 1 aromatic carbocycles. The summed E-state index contributed by atoms with van der Waals surface area (Å²) in [6, 6.07) is 17.8. The number of aryl methyl sites for hydroxylation is 5. The Hall–Kier alpha value is -3.00. The monoisotopic (exact) mass is 408 g/mol. The van der Waals surface area contributed by atoms with E-state index in [0.29, 0.717) is 5.92 Å². The van der Waals surface area contributed by atoms with Crippen LogP contribution in [0, 0.1) is 26.7 Å². The lowest BCUT2D eigenvalue weighted by Gasteiger charge is -2.17. The number of hydrogen-bond acceptors (Lipinski definition) is 2. The van der Waals surface area contributed by atoms with Crippen molar-refractivity contribution in [1.82, 2.24) is 9.97 Å². The van der Waals surface area contributed by atoms with Crippen LogP contribution in [0.5, 0.6) is 0 Å². The Morgan fingerprint density at radius 3 is 2.00 bits per heavy atom. The fourth-order valence-corrected chi connectivity index (χ4v) is 4.59. The highest BCUT2D eigenvalue weighted by Gasteiger charge is 2.10. The number of hydrogen-bond donors (Lipinski definition) is 0. The number of pyridine rings is 2. The molecule has 0 saturated heterocycles. The smallest absolute Gasteiger partial charge is 0.0416 e. The van der Waals surface area contributed by atoms with Crippen LogP contribution < -0.4 is 0 Å². The van der Waals surface area contributed by atoms with E-state index in [2.05, 4.69) is 100 Å². The lowest BCUT2D eigenvalue weighted by atomic mass is 9.89. The van der Waals surface area contributed by atoms with Gasteiger partial charge in [-0.1, -0.05) is 48.9 Å². The summed E-state index contributed by atoms with van der Waals surface area (Å²) in [7, 11) is 0. The molecule has 0 fully saturated rings. The molecule has 31 heavy (non-hydrogen) atoms. The minimum Gasteiger partial charge on any atom is -0.258 e.